The van der Waals surface area contributed by atoms with Crippen LogP contribution in [0.1, 0.15) is 18.4 Å². The van der Waals surface area contributed by atoms with Crippen molar-refractivity contribution in [3.8, 4) is 0 Å². The molecule has 2 aromatic rings. The first-order chi connectivity index (χ1) is 8.76. The van der Waals surface area contributed by atoms with Gasteiger partial charge in [0.25, 0.3) is 0 Å². The van der Waals surface area contributed by atoms with Crippen molar-refractivity contribution in [1.29, 1.82) is 0 Å². The van der Waals surface area contributed by atoms with E-state index in [2.05, 4.69) is 30.0 Å². The largest absolute Gasteiger partial charge is 0.396 e. The van der Waals surface area contributed by atoms with Crippen LogP contribution < -0.4 is 4.90 Å². The molecule has 1 aliphatic heterocycles. The van der Waals surface area contributed by atoms with Gasteiger partial charge in [0.15, 0.2) is 5.13 Å². The molecule has 3 rings (SSSR count). The molecule has 1 aromatic carbocycles. The lowest BCUT2D eigenvalue weighted by molar-refractivity contribution is 0.208. The minimum atomic E-state index is 0.292. The number of anilines is 1. The molecular weight excluding hydrogens is 244 g/mol. The van der Waals surface area contributed by atoms with Gasteiger partial charge in [-0.3, -0.25) is 0 Å². The van der Waals surface area contributed by atoms with E-state index >= 15 is 0 Å². The molecule has 1 aromatic heterocycles. The van der Waals surface area contributed by atoms with Crippen molar-refractivity contribution < 1.29 is 5.11 Å². The van der Waals surface area contributed by atoms with Gasteiger partial charge in [0.2, 0.25) is 0 Å². The monoisotopic (exact) mass is 262 g/mol. The minimum absolute atomic E-state index is 0.292. The Morgan fingerprint density at radius 3 is 3.22 bits per heavy atom. The number of aromatic nitrogens is 1. The van der Waals surface area contributed by atoms with Gasteiger partial charge in [-0.1, -0.05) is 17.4 Å². The van der Waals surface area contributed by atoms with E-state index in [1.54, 1.807) is 11.3 Å². The second kappa shape index (κ2) is 4.86. The molecule has 4 heteroatoms. The van der Waals surface area contributed by atoms with Crippen LogP contribution in [0.3, 0.4) is 0 Å². The zero-order valence-electron chi connectivity index (χ0n) is 10.6. The number of fused-ring (bicyclic) bond motifs is 1. The zero-order chi connectivity index (χ0) is 12.5. The van der Waals surface area contributed by atoms with Crippen molar-refractivity contribution >= 4 is 26.7 Å². The summed E-state index contributed by atoms with van der Waals surface area (Å²) in [6.07, 6.45) is 2.29. The molecular formula is C14H18N2OS. The number of hydrogen-bond acceptors (Lipinski definition) is 4. The Morgan fingerprint density at radius 2 is 2.39 bits per heavy atom. The maximum Gasteiger partial charge on any atom is 0.186 e. The summed E-state index contributed by atoms with van der Waals surface area (Å²) < 4.78 is 1.26. The van der Waals surface area contributed by atoms with Crippen LogP contribution in [0.25, 0.3) is 10.2 Å². The molecule has 0 amide bonds. The summed E-state index contributed by atoms with van der Waals surface area (Å²) in [7, 11) is 0. The van der Waals surface area contributed by atoms with Gasteiger partial charge in [-0.2, -0.15) is 0 Å². The van der Waals surface area contributed by atoms with Gasteiger partial charge in [0.05, 0.1) is 10.2 Å². The number of piperidine rings is 1. The highest BCUT2D eigenvalue weighted by atomic mass is 32.1. The molecule has 1 N–H and O–H groups in total. The second-order valence-corrected chi connectivity index (χ2v) is 6.11. The van der Waals surface area contributed by atoms with Gasteiger partial charge in [-0.15, -0.1) is 0 Å². The molecule has 96 valence electrons. The highest BCUT2D eigenvalue weighted by Gasteiger charge is 2.21. The minimum Gasteiger partial charge on any atom is -0.396 e. The van der Waals surface area contributed by atoms with Crippen molar-refractivity contribution in [3.63, 3.8) is 0 Å². The van der Waals surface area contributed by atoms with Crippen molar-refractivity contribution in [1.82, 2.24) is 4.98 Å². The quantitative estimate of drug-likeness (QED) is 0.904. The first-order valence-electron chi connectivity index (χ1n) is 6.49. The number of aryl methyl sites for hydroxylation is 1. The van der Waals surface area contributed by atoms with Gasteiger partial charge in [-0.05, 0) is 43.4 Å². The van der Waals surface area contributed by atoms with E-state index in [4.69, 9.17) is 4.98 Å². The molecule has 1 atom stereocenters. The fourth-order valence-electron chi connectivity index (χ4n) is 2.54. The van der Waals surface area contributed by atoms with E-state index in [0.717, 1.165) is 36.6 Å². The molecule has 2 heterocycles. The summed E-state index contributed by atoms with van der Waals surface area (Å²) in [5.41, 5.74) is 2.37. The maximum atomic E-state index is 9.29. The molecule has 18 heavy (non-hydrogen) atoms. The van der Waals surface area contributed by atoms with E-state index in [-0.39, 0.29) is 0 Å². The van der Waals surface area contributed by atoms with E-state index in [9.17, 15) is 5.11 Å². The number of aliphatic hydroxyl groups is 1. The Morgan fingerprint density at radius 1 is 1.50 bits per heavy atom. The molecule has 1 unspecified atom stereocenters. The van der Waals surface area contributed by atoms with Crippen LogP contribution in [0.4, 0.5) is 5.13 Å². The van der Waals surface area contributed by atoms with E-state index in [0.29, 0.717) is 12.5 Å². The fourth-order valence-corrected chi connectivity index (χ4v) is 3.64. The maximum absolute atomic E-state index is 9.29. The number of rotatable bonds is 2. The van der Waals surface area contributed by atoms with E-state index < -0.39 is 0 Å². The molecule has 0 bridgehead atoms. The smallest absolute Gasteiger partial charge is 0.186 e. The average Bonchev–Trinajstić information content (AvgIpc) is 2.81. The Kier molecular flexibility index (Phi) is 3.22. The third kappa shape index (κ3) is 2.22. The van der Waals surface area contributed by atoms with Crippen LogP contribution in [0.15, 0.2) is 18.2 Å². The number of hydrogen-bond donors (Lipinski definition) is 1. The van der Waals surface area contributed by atoms with E-state index in [1.165, 1.54) is 10.3 Å². The van der Waals surface area contributed by atoms with Gasteiger partial charge >= 0.3 is 0 Å². The highest BCUT2D eigenvalue weighted by molar-refractivity contribution is 7.22. The second-order valence-electron chi connectivity index (χ2n) is 5.10. The lowest BCUT2D eigenvalue weighted by Crippen LogP contribution is -2.36. The van der Waals surface area contributed by atoms with Crippen LogP contribution in [-0.4, -0.2) is 29.8 Å². The summed E-state index contributed by atoms with van der Waals surface area (Å²) in [6, 6.07) is 6.40. The Hall–Kier alpha value is -1.13. The lowest BCUT2D eigenvalue weighted by atomic mass is 10.00. The Labute approximate surface area is 111 Å². The number of benzene rings is 1. The summed E-state index contributed by atoms with van der Waals surface area (Å²) in [4.78, 5) is 7.03. The predicted molar refractivity (Wildman–Crippen MR) is 76.4 cm³/mol. The van der Waals surface area contributed by atoms with Crippen LogP contribution in [0.2, 0.25) is 0 Å². The first-order valence-corrected chi connectivity index (χ1v) is 7.31. The standard InChI is InChI=1S/C14H18N2OS/c1-10-4-5-12-13(7-10)18-14(15-12)16-6-2-3-11(8-16)9-17/h4-5,7,11,17H,2-3,6,8-9H2,1H3. The van der Waals surface area contributed by atoms with Crippen molar-refractivity contribution in [3.05, 3.63) is 23.8 Å². The summed E-state index contributed by atoms with van der Waals surface area (Å²) in [5, 5.41) is 10.4. The third-order valence-electron chi connectivity index (χ3n) is 3.58. The van der Waals surface area contributed by atoms with Crippen molar-refractivity contribution in [2.75, 3.05) is 24.6 Å². The molecule has 1 saturated heterocycles. The van der Waals surface area contributed by atoms with E-state index in [1.807, 2.05) is 0 Å². The zero-order valence-corrected chi connectivity index (χ0v) is 11.4. The molecule has 0 spiro atoms. The van der Waals surface area contributed by atoms with Crippen LogP contribution in [-0.2, 0) is 0 Å². The molecule has 3 nitrogen and oxygen atoms in total. The van der Waals surface area contributed by atoms with Gasteiger partial charge < -0.3 is 10.0 Å². The molecule has 0 aliphatic carbocycles. The molecule has 0 radical (unpaired) electrons. The highest BCUT2D eigenvalue weighted by Crippen LogP contribution is 2.31. The van der Waals surface area contributed by atoms with Crippen LogP contribution >= 0.6 is 11.3 Å². The molecule has 1 aliphatic rings. The third-order valence-corrected chi connectivity index (χ3v) is 4.66. The Balaban J connectivity index is 1.89. The van der Waals surface area contributed by atoms with Crippen LogP contribution in [0, 0.1) is 12.8 Å². The van der Waals surface area contributed by atoms with Crippen LogP contribution in [0.5, 0.6) is 0 Å². The normalized spacial score (nSPS) is 20.6. The fraction of sp³-hybridized carbons (Fsp3) is 0.500. The first kappa shape index (κ1) is 11.9. The summed E-state index contributed by atoms with van der Waals surface area (Å²) >= 11 is 1.76. The lowest BCUT2D eigenvalue weighted by Gasteiger charge is -2.31. The SMILES string of the molecule is Cc1ccc2nc(N3CCCC(CO)C3)sc2c1. The number of thiazole rings is 1. The average molecular weight is 262 g/mol. The van der Waals surface area contributed by atoms with Crippen molar-refractivity contribution in [2.24, 2.45) is 5.92 Å². The molecule has 1 fully saturated rings. The topological polar surface area (TPSA) is 36.4 Å². The van der Waals surface area contributed by atoms with Crippen molar-refractivity contribution in [2.45, 2.75) is 19.8 Å². The van der Waals surface area contributed by atoms with Gasteiger partial charge in [0.1, 0.15) is 0 Å². The Bertz CT molecular complexity index is 552. The molecule has 0 saturated carbocycles. The summed E-state index contributed by atoms with van der Waals surface area (Å²) in [6.45, 7) is 4.41. The number of aliphatic hydroxyl groups excluding tert-OH is 1. The number of nitrogens with zero attached hydrogens (tertiary/aromatic N) is 2. The summed E-state index contributed by atoms with van der Waals surface area (Å²) in [5.74, 6) is 0.410. The van der Waals surface area contributed by atoms with Gasteiger partial charge in [-0.25, -0.2) is 4.98 Å². The van der Waals surface area contributed by atoms with Gasteiger partial charge in [0, 0.05) is 19.7 Å². The predicted octanol–water partition coefficient (Wildman–Crippen LogP) is 2.81.